The van der Waals surface area contributed by atoms with Crippen molar-refractivity contribution in [3.63, 3.8) is 0 Å². The largest absolute Gasteiger partial charge is 0.508 e. The Labute approximate surface area is 449 Å². The molecule has 6 saturated heterocycles. The van der Waals surface area contributed by atoms with Crippen LogP contribution in [0.25, 0.3) is 44.0 Å². The lowest BCUT2D eigenvalue weighted by atomic mass is 9.72. The van der Waals surface area contributed by atoms with Gasteiger partial charge in [0.25, 0.3) is 0 Å². The number of benzene rings is 3. The number of pyridine rings is 1. The van der Waals surface area contributed by atoms with Crippen molar-refractivity contribution < 1.29 is 42.9 Å². The molecule has 9 heterocycles. The van der Waals surface area contributed by atoms with Crippen molar-refractivity contribution in [3.8, 4) is 34.9 Å². The summed E-state index contributed by atoms with van der Waals surface area (Å²) in [5.41, 5.74) is 0.891. The van der Waals surface area contributed by atoms with Crippen LogP contribution in [0.1, 0.15) is 95.2 Å². The first-order valence-electron chi connectivity index (χ1n) is 27.4. The molecule has 12 rings (SSSR count). The molecule has 1 unspecified atom stereocenters. The van der Waals surface area contributed by atoms with Crippen LogP contribution in [0, 0.1) is 28.9 Å². The van der Waals surface area contributed by atoms with Gasteiger partial charge >= 0.3 is 17.8 Å². The van der Waals surface area contributed by atoms with Crippen molar-refractivity contribution in [2.45, 2.75) is 108 Å². The Hall–Kier alpha value is -7.21. The highest BCUT2D eigenvalue weighted by Crippen LogP contribution is 2.45. The number of hydrogen-bond acceptors (Lipinski definition) is 14. The fourth-order valence-corrected chi connectivity index (χ4v) is 13.5. The lowest BCUT2D eigenvalue weighted by molar-refractivity contribution is -0.135. The fourth-order valence-electron chi connectivity index (χ4n) is 13.5. The first-order valence-corrected chi connectivity index (χ1v) is 27.4. The van der Waals surface area contributed by atoms with Crippen molar-refractivity contribution in [2.75, 3.05) is 70.5 Å². The summed E-state index contributed by atoms with van der Waals surface area (Å²) >= 11 is 0. The van der Waals surface area contributed by atoms with Crippen molar-refractivity contribution in [1.29, 1.82) is 0 Å². The number of imide groups is 1. The first kappa shape index (κ1) is 51.5. The number of aromatic hydroxyl groups is 1. The minimum atomic E-state index is -1.01. The van der Waals surface area contributed by atoms with Crippen LogP contribution in [0.5, 0.6) is 11.8 Å². The highest BCUT2D eigenvalue weighted by atomic mass is 19.1. The molecule has 0 saturated carbocycles. The van der Waals surface area contributed by atoms with Gasteiger partial charge in [0, 0.05) is 68.4 Å². The van der Waals surface area contributed by atoms with E-state index in [1.54, 1.807) is 20.0 Å². The molecule has 6 aliphatic heterocycles. The summed E-state index contributed by atoms with van der Waals surface area (Å²) in [6.07, 6.45) is 8.56. The molecule has 78 heavy (non-hydrogen) atoms. The number of halogens is 2. The number of aryl methyl sites for hydroxylation is 2. The number of hydrogen-bond donors (Lipinski definition) is 3. The number of amides is 3. The van der Waals surface area contributed by atoms with Crippen LogP contribution < -0.4 is 20.6 Å². The van der Waals surface area contributed by atoms with E-state index in [9.17, 15) is 29.4 Å². The van der Waals surface area contributed by atoms with Gasteiger partial charge in [0.1, 0.15) is 47.9 Å². The summed E-state index contributed by atoms with van der Waals surface area (Å²) in [4.78, 5) is 73.6. The molecule has 6 aromatic rings. The Morgan fingerprint density at radius 1 is 0.936 bits per heavy atom. The van der Waals surface area contributed by atoms with Crippen molar-refractivity contribution in [3.05, 3.63) is 81.9 Å². The Morgan fingerprint density at radius 3 is 2.53 bits per heavy atom. The standard InChI is InChI=1S/C58H64F2N10O8/c1-4-39-42(59)11-10-36-27-38(71)28-40(47(36)39)49-48(60)50-41(29-61-49)51(67-22-6-16-56(2,76)31-67)64-53(63-50)78-34-58-17-7-23-69(58)37(15-18-58)30-77-55(75)68-32-57(33-68)19-24-66(25-20-57)21-5-8-35-9-12-43-45(26-35)65(3)54(74)70(43)44-13-14-46(72)62-52(44)73/h9-12,26-29,37,44,71,76H,4,6-7,13-25,30-34H2,1-3H3,(H,62,72,73)/t37-,44?,56+,58-/m0/s1. The summed E-state index contributed by atoms with van der Waals surface area (Å²) in [5, 5.41) is 25.6. The van der Waals surface area contributed by atoms with Crippen LogP contribution >= 0.6 is 0 Å². The molecule has 18 nitrogen and oxygen atoms in total. The van der Waals surface area contributed by atoms with Gasteiger partial charge in [0.15, 0.2) is 5.82 Å². The number of fused-ring (bicyclic) bond motifs is 4. The third-order valence-electron chi connectivity index (χ3n) is 17.7. The quantitative estimate of drug-likeness (QED) is 0.101. The van der Waals surface area contributed by atoms with Gasteiger partial charge in [-0.3, -0.25) is 38.8 Å². The van der Waals surface area contributed by atoms with Gasteiger partial charge in [-0.2, -0.15) is 9.97 Å². The molecule has 4 atom stereocenters. The number of nitrogens with one attached hydrogen (secondary N) is 1. The van der Waals surface area contributed by atoms with Crippen molar-refractivity contribution >= 4 is 56.4 Å². The molecule has 3 amide bonds. The van der Waals surface area contributed by atoms with E-state index in [2.05, 4.69) is 31.9 Å². The number of imidazole rings is 1. The van der Waals surface area contributed by atoms with Gasteiger partial charge in [-0.15, -0.1) is 0 Å². The molecule has 6 aliphatic rings. The number of carbonyl (C=O) groups is 3. The number of aromatic nitrogens is 5. The molecule has 0 radical (unpaired) electrons. The molecule has 408 valence electrons. The van der Waals surface area contributed by atoms with E-state index in [1.165, 1.54) is 33.5 Å². The predicted molar refractivity (Wildman–Crippen MR) is 287 cm³/mol. The van der Waals surface area contributed by atoms with Gasteiger partial charge < -0.3 is 29.5 Å². The number of nitrogens with zero attached hydrogens (tertiary/aromatic N) is 9. The Morgan fingerprint density at radius 2 is 1.74 bits per heavy atom. The van der Waals surface area contributed by atoms with Crippen LogP contribution in [0.3, 0.4) is 0 Å². The van der Waals surface area contributed by atoms with Gasteiger partial charge in [-0.05, 0) is 144 Å². The zero-order valence-electron chi connectivity index (χ0n) is 44.2. The van der Waals surface area contributed by atoms with Crippen molar-refractivity contribution in [2.24, 2.45) is 12.5 Å². The van der Waals surface area contributed by atoms with Crippen LogP contribution in [0.4, 0.5) is 19.4 Å². The first-order chi connectivity index (χ1) is 37.5. The van der Waals surface area contributed by atoms with Gasteiger partial charge in [-0.25, -0.2) is 18.4 Å². The summed E-state index contributed by atoms with van der Waals surface area (Å²) in [6.45, 7) is 9.31. The van der Waals surface area contributed by atoms with Crippen LogP contribution in [-0.4, -0.2) is 150 Å². The van der Waals surface area contributed by atoms with E-state index >= 15 is 8.78 Å². The maximum absolute atomic E-state index is 17.3. The summed E-state index contributed by atoms with van der Waals surface area (Å²) < 4.78 is 48.0. The molecule has 3 aromatic heterocycles. The summed E-state index contributed by atoms with van der Waals surface area (Å²) in [7, 11) is 1.67. The molecule has 20 heteroatoms. The number of piperidine rings is 3. The fraction of sp³-hybridized carbons (Fsp3) is 0.500. The van der Waals surface area contributed by atoms with Gasteiger partial charge in [0.2, 0.25) is 11.8 Å². The second kappa shape index (κ2) is 19.9. The molecule has 0 aliphatic carbocycles. The van der Waals surface area contributed by atoms with E-state index in [0.717, 1.165) is 63.7 Å². The Bertz CT molecular complexity index is 3560. The third kappa shape index (κ3) is 9.26. The lowest BCUT2D eigenvalue weighted by Crippen LogP contribution is -2.62. The molecular formula is C58H64F2N10O8. The molecule has 6 fully saturated rings. The third-order valence-corrected chi connectivity index (χ3v) is 17.7. The lowest BCUT2D eigenvalue weighted by Gasteiger charge is -2.53. The van der Waals surface area contributed by atoms with E-state index in [1.807, 2.05) is 34.9 Å². The highest BCUT2D eigenvalue weighted by Gasteiger charge is 2.51. The average Bonchev–Trinajstić information content (AvgIpc) is 4.20. The monoisotopic (exact) mass is 1070 g/mol. The minimum absolute atomic E-state index is 0.00271. The predicted octanol–water partition coefficient (Wildman–Crippen LogP) is 6.34. The second-order valence-corrected chi connectivity index (χ2v) is 22.9. The van der Waals surface area contributed by atoms with E-state index in [-0.39, 0.29) is 95.8 Å². The average molecular weight is 1070 g/mol. The number of β-amino-alcohol motifs (C(OH)–C–C–N with tert-alkyl or cyclic N) is 1. The molecule has 1 spiro atoms. The zero-order chi connectivity index (χ0) is 54.3. The Balaban J connectivity index is 0.673. The van der Waals surface area contributed by atoms with Crippen LogP contribution in [-0.2, 0) is 27.8 Å². The SMILES string of the molecule is CCc1c(F)ccc2cc(O)cc(-c3ncc4c(N5CCC[C@@](C)(O)C5)nc(OC[C@@]56CCCN5[C@H](COC(=O)N5CC7(CCN(CC#Cc8ccc9c(c8)n(C)c(=O)n9C8CCC(=O)NC8=O)CC7)C5)CC6)nc4c3F)c12. The normalized spacial score (nSPS) is 24.4. The number of rotatable bonds is 10. The van der Waals surface area contributed by atoms with E-state index < -0.39 is 29.2 Å². The smallest absolute Gasteiger partial charge is 0.409 e. The second-order valence-electron chi connectivity index (χ2n) is 22.9. The number of likely N-dealkylation sites (tertiary alicyclic amines) is 2. The summed E-state index contributed by atoms with van der Waals surface area (Å²) in [5.74, 6) is 4.82. The number of aliphatic hydroxyl groups is 1. The zero-order valence-corrected chi connectivity index (χ0v) is 44.2. The molecular weight excluding hydrogens is 1000 g/mol. The van der Waals surface area contributed by atoms with Gasteiger partial charge in [-0.1, -0.05) is 24.8 Å². The number of phenolic OH excluding ortho intramolecular Hbond substituents is 1. The van der Waals surface area contributed by atoms with Crippen LogP contribution in [0.2, 0.25) is 0 Å². The Kier molecular flexibility index (Phi) is 13.2. The highest BCUT2D eigenvalue weighted by molar-refractivity contribution is 6.02. The van der Waals surface area contributed by atoms with Gasteiger partial charge in [0.05, 0.1) is 34.1 Å². The van der Waals surface area contributed by atoms with Crippen molar-refractivity contribution in [1.82, 2.24) is 44.1 Å². The van der Waals surface area contributed by atoms with E-state index in [0.29, 0.717) is 84.0 Å². The number of phenols is 1. The van der Waals surface area contributed by atoms with Crippen LogP contribution in [0.15, 0.2) is 53.5 Å². The topological polar surface area (TPSA) is 201 Å². The maximum Gasteiger partial charge on any atom is 0.409 e. The minimum Gasteiger partial charge on any atom is -0.508 e. The van der Waals surface area contributed by atoms with E-state index in [4.69, 9.17) is 19.4 Å². The molecule has 3 N–H and O–H groups in total. The number of ether oxygens (including phenoxy) is 2. The summed E-state index contributed by atoms with van der Waals surface area (Å²) in [6, 6.07) is 10.6. The maximum atomic E-state index is 17.3. The molecule has 3 aromatic carbocycles. The number of anilines is 1. The molecule has 0 bridgehead atoms. The number of carbonyl (C=O) groups excluding carboxylic acids is 3.